The van der Waals surface area contributed by atoms with Crippen LogP contribution in [0.3, 0.4) is 0 Å². The third kappa shape index (κ3) is 4.30. The Morgan fingerprint density at radius 1 is 1.37 bits per heavy atom. The second-order valence-electron chi connectivity index (χ2n) is 6.28. The van der Waals surface area contributed by atoms with Crippen molar-refractivity contribution in [2.45, 2.75) is 51.7 Å². The number of rotatable bonds is 4. The van der Waals surface area contributed by atoms with E-state index in [4.69, 9.17) is 10.5 Å². The molecule has 0 bridgehead atoms. The molecule has 3 heteroatoms. The van der Waals surface area contributed by atoms with E-state index in [-0.39, 0.29) is 6.10 Å². The molecule has 1 aromatic rings. The Morgan fingerprint density at radius 3 is 2.63 bits per heavy atom. The SMILES string of the molecule is CC1(C)CCC(OC(CN)c2cccc(Br)c2)CC1. The summed E-state index contributed by atoms with van der Waals surface area (Å²) in [6.45, 7) is 5.23. The van der Waals surface area contributed by atoms with E-state index in [0.717, 1.165) is 17.3 Å². The molecule has 1 atom stereocenters. The van der Waals surface area contributed by atoms with Crippen molar-refractivity contribution in [1.29, 1.82) is 0 Å². The van der Waals surface area contributed by atoms with Crippen molar-refractivity contribution in [3.05, 3.63) is 34.3 Å². The monoisotopic (exact) mass is 325 g/mol. The molecular weight excluding hydrogens is 302 g/mol. The molecule has 19 heavy (non-hydrogen) atoms. The molecule has 0 spiro atoms. The minimum Gasteiger partial charge on any atom is -0.369 e. The predicted molar refractivity (Wildman–Crippen MR) is 83.1 cm³/mol. The summed E-state index contributed by atoms with van der Waals surface area (Å²) in [6.07, 6.45) is 5.17. The summed E-state index contributed by atoms with van der Waals surface area (Å²) in [4.78, 5) is 0. The second kappa shape index (κ2) is 6.38. The Hall–Kier alpha value is -0.380. The second-order valence-corrected chi connectivity index (χ2v) is 7.19. The van der Waals surface area contributed by atoms with Gasteiger partial charge in [0.2, 0.25) is 0 Å². The maximum absolute atomic E-state index is 6.23. The van der Waals surface area contributed by atoms with Crippen molar-refractivity contribution in [2.75, 3.05) is 6.54 Å². The van der Waals surface area contributed by atoms with Crippen molar-refractivity contribution >= 4 is 15.9 Å². The molecule has 0 amide bonds. The highest BCUT2D eigenvalue weighted by molar-refractivity contribution is 9.10. The fraction of sp³-hybridized carbons (Fsp3) is 0.625. The number of halogens is 1. The van der Waals surface area contributed by atoms with Crippen molar-refractivity contribution in [2.24, 2.45) is 11.1 Å². The molecule has 0 aromatic heterocycles. The summed E-state index contributed by atoms with van der Waals surface area (Å²) in [5, 5.41) is 0. The van der Waals surface area contributed by atoms with Crippen LogP contribution in [0.4, 0.5) is 0 Å². The van der Waals surface area contributed by atoms with Crippen molar-refractivity contribution in [3.63, 3.8) is 0 Å². The van der Waals surface area contributed by atoms with Crippen molar-refractivity contribution in [3.8, 4) is 0 Å². The topological polar surface area (TPSA) is 35.2 Å². The van der Waals surface area contributed by atoms with E-state index in [2.05, 4.69) is 41.9 Å². The van der Waals surface area contributed by atoms with Gasteiger partial charge in [-0.1, -0.05) is 41.9 Å². The fourth-order valence-electron chi connectivity index (χ4n) is 2.72. The Morgan fingerprint density at radius 2 is 2.05 bits per heavy atom. The molecular formula is C16H24BrNO. The molecule has 0 radical (unpaired) electrons. The highest BCUT2D eigenvalue weighted by Gasteiger charge is 2.28. The molecule has 1 fully saturated rings. The summed E-state index contributed by atoms with van der Waals surface area (Å²) in [7, 11) is 0. The third-order valence-corrected chi connectivity index (χ3v) is 4.57. The van der Waals surface area contributed by atoms with Gasteiger partial charge in [0.1, 0.15) is 0 Å². The normalized spacial score (nSPS) is 21.3. The van der Waals surface area contributed by atoms with Crippen LogP contribution in [0.15, 0.2) is 28.7 Å². The minimum absolute atomic E-state index is 0.0173. The molecule has 1 aliphatic rings. The van der Waals surface area contributed by atoms with Gasteiger partial charge in [0.05, 0.1) is 12.2 Å². The summed E-state index contributed by atoms with van der Waals surface area (Å²) >= 11 is 3.50. The van der Waals surface area contributed by atoms with Crippen molar-refractivity contribution < 1.29 is 4.74 Å². The fourth-order valence-corrected chi connectivity index (χ4v) is 3.14. The average Bonchev–Trinajstić information content (AvgIpc) is 2.37. The van der Waals surface area contributed by atoms with Gasteiger partial charge in [-0.05, 0) is 48.8 Å². The lowest BCUT2D eigenvalue weighted by atomic mass is 9.76. The first-order chi connectivity index (χ1) is 9.00. The number of nitrogens with two attached hydrogens (primary N) is 1. The lowest BCUT2D eigenvalue weighted by Gasteiger charge is -2.35. The van der Waals surface area contributed by atoms with E-state index in [0.29, 0.717) is 18.1 Å². The van der Waals surface area contributed by atoms with Crippen LogP contribution >= 0.6 is 15.9 Å². The summed E-state index contributed by atoms with van der Waals surface area (Å²) in [5.41, 5.74) is 7.53. The molecule has 0 heterocycles. The Kier molecular flexibility index (Phi) is 5.04. The lowest BCUT2D eigenvalue weighted by molar-refractivity contribution is -0.0429. The molecule has 2 rings (SSSR count). The van der Waals surface area contributed by atoms with Gasteiger partial charge < -0.3 is 10.5 Å². The highest BCUT2D eigenvalue weighted by atomic mass is 79.9. The maximum atomic E-state index is 6.23. The first-order valence-electron chi connectivity index (χ1n) is 7.11. The Balaban J connectivity index is 1.97. The molecule has 1 unspecified atom stereocenters. The summed E-state index contributed by atoms with van der Waals surface area (Å²) in [5.74, 6) is 0. The number of hydrogen-bond acceptors (Lipinski definition) is 2. The third-order valence-electron chi connectivity index (χ3n) is 4.08. The highest BCUT2D eigenvalue weighted by Crippen LogP contribution is 2.37. The maximum Gasteiger partial charge on any atom is 0.0951 e. The van der Waals surface area contributed by atoms with Crippen LogP contribution in [0, 0.1) is 5.41 Å². The Bertz CT molecular complexity index is 409. The molecule has 2 N–H and O–H groups in total. The van der Waals surface area contributed by atoms with Gasteiger partial charge in [0.25, 0.3) is 0 Å². The van der Waals surface area contributed by atoms with Crippen LogP contribution in [-0.4, -0.2) is 12.6 Å². The summed E-state index contributed by atoms with van der Waals surface area (Å²) < 4.78 is 7.31. The van der Waals surface area contributed by atoms with Crippen LogP contribution in [0.1, 0.15) is 51.2 Å². The van der Waals surface area contributed by atoms with Crippen molar-refractivity contribution in [1.82, 2.24) is 0 Å². The van der Waals surface area contributed by atoms with Crippen LogP contribution in [0.2, 0.25) is 0 Å². The Labute approximate surface area is 124 Å². The summed E-state index contributed by atoms with van der Waals surface area (Å²) in [6, 6.07) is 8.26. The molecule has 1 saturated carbocycles. The minimum atomic E-state index is 0.0173. The van der Waals surface area contributed by atoms with E-state index in [1.54, 1.807) is 0 Å². The largest absolute Gasteiger partial charge is 0.369 e. The van der Waals surface area contributed by atoms with Crippen LogP contribution in [-0.2, 0) is 4.74 Å². The molecule has 1 aromatic carbocycles. The molecule has 2 nitrogen and oxygen atoms in total. The van der Waals surface area contributed by atoms with Gasteiger partial charge in [0.15, 0.2) is 0 Å². The van der Waals surface area contributed by atoms with Gasteiger partial charge in [-0.15, -0.1) is 0 Å². The first kappa shape index (κ1) is 15.0. The number of ether oxygens (including phenoxy) is 1. The quantitative estimate of drug-likeness (QED) is 0.888. The number of hydrogen-bond donors (Lipinski definition) is 1. The van der Waals surface area contributed by atoms with Crippen LogP contribution in [0.25, 0.3) is 0 Å². The average molecular weight is 326 g/mol. The smallest absolute Gasteiger partial charge is 0.0951 e. The zero-order valence-electron chi connectivity index (χ0n) is 11.9. The van der Waals surface area contributed by atoms with E-state index in [9.17, 15) is 0 Å². The first-order valence-corrected chi connectivity index (χ1v) is 7.90. The predicted octanol–water partition coefficient (Wildman–Crippen LogP) is 4.43. The van der Waals surface area contributed by atoms with Crippen LogP contribution < -0.4 is 5.73 Å². The zero-order chi connectivity index (χ0) is 13.9. The van der Waals surface area contributed by atoms with Gasteiger partial charge in [0, 0.05) is 11.0 Å². The van der Waals surface area contributed by atoms with Gasteiger partial charge in [-0.3, -0.25) is 0 Å². The lowest BCUT2D eigenvalue weighted by Crippen LogP contribution is -2.29. The van der Waals surface area contributed by atoms with Gasteiger partial charge in [-0.25, -0.2) is 0 Å². The zero-order valence-corrected chi connectivity index (χ0v) is 13.4. The van der Waals surface area contributed by atoms with Gasteiger partial charge in [-0.2, -0.15) is 0 Å². The molecule has 0 saturated heterocycles. The van der Waals surface area contributed by atoms with E-state index >= 15 is 0 Å². The molecule has 0 aliphatic heterocycles. The van der Waals surface area contributed by atoms with Crippen LogP contribution in [0.5, 0.6) is 0 Å². The van der Waals surface area contributed by atoms with Gasteiger partial charge >= 0.3 is 0 Å². The van der Waals surface area contributed by atoms with E-state index in [1.807, 2.05) is 12.1 Å². The molecule has 106 valence electrons. The standard InChI is InChI=1S/C16H24BrNO/c1-16(2)8-6-14(7-9-16)19-15(11-18)12-4-3-5-13(17)10-12/h3-5,10,14-15H,6-9,11,18H2,1-2H3. The molecule has 1 aliphatic carbocycles. The number of benzene rings is 1. The van der Waals surface area contributed by atoms with E-state index in [1.165, 1.54) is 18.4 Å². The van der Waals surface area contributed by atoms with E-state index < -0.39 is 0 Å².